The minimum Gasteiger partial charge on any atom is -0.490 e. The number of rotatable bonds is 8. The topological polar surface area (TPSA) is 86.9 Å². The largest absolute Gasteiger partial charge is 0.490 e. The highest BCUT2D eigenvalue weighted by molar-refractivity contribution is 14.1. The minimum atomic E-state index is -1.33. The van der Waals surface area contributed by atoms with Crippen molar-refractivity contribution in [1.29, 1.82) is 0 Å². The number of benzene rings is 3. The molecule has 1 aliphatic rings. The fraction of sp³-hybridized carbons (Fsp3) is 0.267. The molecule has 7 nitrogen and oxygen atoms in total. The van der Waals surface area contributed by atoms with Gasteiger partial charge in [-0.25, -0.2) is 0 Å². The summed E-state index contributed by atoms with van der Waals surface area (Å²) in [5.41, 5.74) is 3.39. The van der Waals surface area contributed by atoms with Crippen molar-refractivity contribution >= 4 is 61.4 Å². The summed E-state index contributed by atoms with van der Waals surface area (Å²) in [4.78, 5) is 29.9. The van der Waals surface area contributed by atoms with Crippen molar-refractivity contribution in [3.8, 4) is 11.5 Å². The highest BCUT2D eigenvalue weighted by Crippen LogP contribution is 2.44. The van der Waals surface area contributed by atoms with Crippen LogP contribution in [0.3, 0.4) is 0 Å². The summed E-state index contributed by atoms with van der Waals surface area (Å²) in [6, 6.07) is 19.4. The maximum Gasteiger partial charge on any atom is 0.324 e. The molecule has 1 fully saturated rings. The van der Waals surface area contributed by atoms with Gasteiger partial charge in [-0.2, -0.15) is 0 Å². The molecule has 0 spiro atoms. The summed E-state index contributed by atoms with van der Waals surface area (Å²) in [6.07, 6.45) is 1.83. The zero-order valence-corrected chi connectivity index (χ0v) is 25.4. The van der Waals surface area contributed by atoms with E-state index in [1.165, 1.54) is 0 Å². The molecule has 0 amide bonds. The van der Waals surface area contributed by atoms with E-state index in [9.17, 15) is 9.59 Å². The van der Waals surface area contributed by atoms with E-state index < -0.39 is 29.6 Å². The van der Waals surface area contributed by atoms with E-state index in [0.717, 1.165) is 30.1 Å². The number of hydrogen-bond donors (Lipinski definition) is 1. The van der Waals surface area contributed by atoms with E-state index in [-0.39, 0.29) is 0 Å². The second kappa shape index (κ2) is 11.2. The number of hydrogen-bond acceptors (Lipinski definition) is 6. The van der Waals surface area contributed by atoms with Crippen LogP contribution in [0.25, 0.3) is 10.9 Å². The number of fused-ring (bicyclic) bond motifs is 1. The molecule has 4 aromatic rings. The molecule has 0 bridgehead atoms. The van der Waals surface area contributed by atoms with Crippen molar-refractivity contribution in [2.24, 2.45) is 5.92 Å². The molecular weight excluding hydrogens is 677 g/mol. The lowest BCUT2D eigenvalue weighted by Gasteiger charge is -2.36. The molecule has 1 N–H and O–H groups in total. The molecule has 0 radical (unpaired) electrons. The fourth-order valence-corrected chi connectivity index (χ4v) is 5.86. The van der Waals surface area contributed by atoms with E-state index >= 15 is 0 Å². The Hall–Kier alpha value is -3.05. The fourth-order valence-electron chi connectivity index (χ4n) is 4.81. The molecule has 202 valence electrons. The van der Waals surface area contributed by atoms with E-state index in [1.54, 1.807) is 13.8 Å². The quantitative estimate of drug-likeness (QED) is 0.120. The SMILES string of the molecule is CCOc1cc([C@@H](c2c[nH]c3ccccc23)C2C(=O)OC(C)(C)OC2=O)cc(I)c1OCc1ccc(Br)cc1. The molecule has 3 aromatic carbocycles. The van der Waals surface area contributed by atoms with Crippen molar-refractivity contribution in [2.75, 3.05) is 6.61 Å². The van der Waals surface area contributed by atoms with Gasteiger partial charge in [-0.05, 0) is 76.5 Å². The Bertz CT molecular complexity index is 1510. The van der Waals surface area contributed by atoms with Crippen LogP contribution in [0.1, 0.15) is 43.4 Å². The summed E-state index contributed by atoms with van der Waals surface area (Å²) in [5, 5.41) is 0.900. The lowest BCUT2D eigenvalue weighted by molar-refractivity contribution is -0.240. The molecule has 0 unspecified atom stereocenters. The van der Waals surface area contributed by atoms with E-state index in [1.807, 2.05) is 73.8 Å². The Morgan fingerprint density at radius 2 is 1.72 bits per heavy atom. The highest BCUT2D eigenvalue weighted by Gasteiger charge is 2.49. The van der Waals surface area contributed by atoms with Gasteiger partial charge in [0.15, 0.2) is 17.4 Å². The molecule has 0 saturated carbocycles. The molecule has 1 aromatic heterocycles. The first-order chi connectivity index (χ1) is 18.7. The molecule has 2 heterocycles. The van der Waals surface area contributed by atoms with Crippen LogP contribution >= 0.6 is 38.5 Å². The van der Waals surface area contributed by atoms with Gasteiger partial charge in [0, 0.05) is 41.3 Å². The predicted molar refractivity (Wildman–Crippen MR) is 159 cm³/mol. The summed E-state index contributed by atoms with van der Waals surface area (Å²) in [7, 11) is 0. The Morgan fingerprint density at radius 3 is 2.41 bits per heavy atom. The lowest BCUT2D eigenvalue weighted by atomic mass is 9.80. The molecule has 9 heteroatoms. The lowest BCUT2D eigenvalue weighted by Crippen LogP contribution is -2.48. The number of para-hydroxylation sites is 1. The van der Waals surface area contributed by atoms with E-state index in [4.69, 9.17) is 18.9 Å². The minimum absolute atomic E-state index is 0.352. The van der Waals surface area contributed by atoms with Crippen LogP contribution in [-0.2, 0) is 25.7 Å². The molecule has 0 aliphatic carbocycles. The number of carbonyl (C=O) groups is 2. The molecule has 39 heavy (non-hydrogen) atoms. The standard InChI is InChI=1S/C30H27BrINO6/c1-4-36-24-14-18(13-22(32)27(24)37-16-17-9-11-19(31)12-10-17)25(21-15-33-23-8-6-5-7-20(21)23)26-28(34)38-30(2,3)39-29(26)35/h5-15,25-26,33H,4,16H2,1-3H3/t25-/m0/s1. The van der Waals surface area contributed by atoms with Crippen LogP contribution in [0.2, 0.25) is 0 Å². The first-order valence-electron chi connectivity index (χ1n) is 12.5. The van der Waals surface area contributed by atoms with Crippen LogP contribution in [0.15, 0.2) is 71.3 Å². The van der Waals surface area contributed by atoms with Gasteiger partial charge in [-0.1, -0.05) is 46.3 Å². The zero-order chi connectivity index (χ0) is 27.7. The number of halogens is 2. The predicted octanol–water partition coefficient (Wildman–Crippen LogP) is 7.10. The van der Waals surface area contributed by atoms with Gasteiger partial charge < -0.3 is 23.9 Å². The number of H-pyrrole nitrogens is 1. The average Bonchev–Trinajstić information content (AvgIpc) is 3.30. The van der Waals surface area contributed by atoms with Crippen LogP contribution in [0, 0.1) is 9.49 Å². The first kappa shape index (κ1) is 27.5. The number of ether oxygens (including phenoxy) is 4. The maximum absolute atomic E-state index is 13.3. The van der Waals surface area contributed by atoms with Gasteiger partial charge in [0.2, 0.25) is 0 Å². The van der Waals surface area contributed by atoms with Crippen molar-refractivity contribution in [2.45, 2.75) is 39.1 Å². The number of aromatic nitrogens is 1. The van der Waals surface area contributed by atoms with Crippen molar-refractivity contribution in [3.63, 3.8) is 0 Å². The van der Waals surface area contributed by atoms with E-state index in [0.29, 0.717) is 30.3 Å². The third-order valence-electron chi connectivity index (χ3n) is 6.48. The summed E-state index contributed by atoms with van der Waals surface area (Å²) in [5.74, 6) is -3.35. The zero-order valence-electron chi connectivity index (χ0n) is 21.6. The van der Waals surface area contributed by atoms with Crippen molar-refractivity contribution < 1.29 is 28.5 Å². The normalized spacial score (nSPS) is 16.0. The maximum atomic E-state index is 13.3. The Kier molecular flexibility index (Phi) is 7.91. The highest BCUT2D eigenvalue weighted by atomic mass is 127. The van der Waals surface area contributed by atoms with Crippen LogP contribution in [0.4, 0.5) is 0 Å². The number of carbonyl (C=O) groups excluding carboxylic acids is 2. The van der Waals surface area contributed by atoms with E-state index in [2.05, 4.69) is 43.5 Å². The van der Waals surface area contributed by atoms with Gasteiger partial charge in [0.05, 0.1) is 10.2 Å². The second-order valence-electron chi connectivity index (χ2n) is 9.67. The molecular formula is C30H27BrINO6. The van der Waals surface area contributed by atoms with Crippen LogP contribution in [0.5, 0.6) is 11.5 Å². The molecule has 1 aliphatic heterocycles. The Balaban J connectivity index is 1.60. The smallest absolute Gasteiger partial charge is 0.324 e. The molecule has 1 saturated heterocycles. The Morgan fingerprint density at radius 1 is 1.03 bits per heavy atom. The monoisotopic (exact) mass is 703 g/mol. The van der Waals surface area contributed by atoms with Crippen LogP contribution < -0.4 is 9.47 Å². The number of cyclic esters (lactones) is 2. The third kappa shape index (κ3) is 5.79. The first-order valence-corrected chi connectivity index (χ1v) is 14.4. The molecule has 5 rings (SSSR count). The van der Waals surface area contributed by atoms with Gasteiger partial charge in [-0.3, -0.25) is 9.59 Å². The second-order valence-corrected chi connectivity index (χ2v) is 11.7. The summed E-state index contributed by atoms with van der Waals surface area (Å²) < 4.78 is 25.1. The third-order valence-corrected chi connectivity index (χ3v) is 7.81. The number of aromatic amines is 1. The van der Waals surface area contributed by atoms with Gasteiger partial charge >= 0.3 is 11.9 Å². The number of esters is 2. The van der Waals surface area contributed by atoms with Gasteiger partial charge in [-0.15, -0.1) is 0 Å². The van der Waals surface area contributed by atoms with Gasteiger partial charge in [0.1, 0.15) is 6.61 Å². The van der Waals surface area contributed by atoms with Crippen molar-refractivity contribution in [1.82, 2.24) is 4.98 Å². The van der Waals surface area contributed by atoms with Gasteiger partial charge in [0.25, 0.3) is 5.79 Å². The Labute approximate surface area is 248 Å². The number of nitrogens with one attached hydrogen (secondary N) is 1. The molecule has 1 atom stereocenters. The van der Waals surface area contributed by atoms with Crippen LogP contribution in [-0.4, -0.2) is 29.3 Å². The van der Waals surface area contributed by atoms with Crippen molar-refractivity contribution in [3.05, 3.63) is 91.6 Å². The summed E-state index contributed by atoms with van der Waals surface area (Å²) in [6.45, 7) is 5.76. The summed E-state index contributed by atoms with van der Waals surface area (Å²) >= 11 is 5.66. The average molecular weight is 704 g/mol.